The first kappa shape index (κ1) is 12.3. The molecule has 78 valence electrons. The molecular formula is C8H15F2NO2. The van der Waals surface area contributed by atoms with Gasteiger partial charge in [-0.15, -0.1) is 0 Å². The maximum Gasteiger partial charge on any atom is 0.303 e. The van der Waals surface area contributed by atoms with Crippen LogP contribution in [0.4, 0.5) is 8.78 Å². The monoisotopic (exact) mass is 195 g/mol. The normalized spacial score (nSPS) is 11.2. The molecule has 0 heterocycles. The van der Waals surface area contributed by atoms with Crippen LogP contribution in [0.2, 0.25) is 0 Å². The Morgan fingerprint density at radius 3 is 2.54 bits per heavy atom. The highest BCUT2D eigenvalue weighted by molar-refractivity contribution is 5.66. The summed E-state index contributed by atoms with van der Waals surface area (Å²) in [5, 5.41) is 8.29. The Balaban J connectivity index is 3.26. The van der Waals surface area contributed by atoms with Crippen molar-refractivity contribution in [2.24, 2.45) is 0 Å². The van der Waals surface area contributed by atoms with Gasteiger partial charge in [0.15, 0.2) is 0 Å². The second-order valence-electron chi connectivity index (χ2n) is 3.00. The first-order chi connectivity index (χ1) is 6.02. The van der Waals surface area contributed by atoms with Crippen LogP contribution in [0.3, 0.4) is 0 Å². The van der Waals surface area contributed by atoms with E-state index in [4.69, 9.17) is 5.11 Å². The summed E-state index contributed by atoms with van der Waals surface area (Å²) in [5.41, 5.74) is 0. The van der Waals surface area contributed by atoms with E-state index in [0.717, 1.165) is 0 Å². The largest absolute Gasteiger partial charge is 0.481 e. The van der Waals surface area contributed by atoms with Crippen molar-refractivity contribution < 1.29 is 18.7 Å². The number of aliphatic carboxylic acids is 1. The van der Waals surface area contributed by atoms with Crippen molar-refractivity contribution in [3.63, 3.8) is 0 Å². The first-order valence-corrected chi connectivity index (χ1v) is 4.21. The summed E-state index contributed by atoms with van der Waals surface area (Å²) in [7, 11) is 1.60. The molecule has 0 amide bonds. The minimum Gasteiger partial charge on any atom is -0.481 e. The van der Waals surface area contributed by atoms with Gasteiger partial charge < -0.3 is 10.0 Å². The molecule has 1 N–H and O–H groups in total. The Morgan fingerprint density at radius 2 is 2.08 bits per heavy atom. The lowest BCUT2D eigenvalue weighted by Crippen LogP contribution is -2.25. The van der Waals surface area contributed by atoms with Gasteiger partial charge in [-0.1, -0.05) is 0 Å². The summed E-state index contributed by atoms with van der Waals surface area (Å²) in [4.78, 5) is 11.6. The lowest BCUT2D eigenvalue weighted by Gasteiger charge is -2.14. The molecule has 0 saturated carbocycles. The Kier molecular flexibility index (Phi) is 6.40. The molecule has 3 nitrogen and oxygen atoms in total. The van der Waals surface area contributed by atoms with Crippen molar-refractivity contribution in [2.75, 3.05) is 20.1 Å². The molecule has 5 heteroatoms. The maximum absolute atomic E-state index is 11.8. The van der Waals surface area contributed by atoms with E-state index >= 15 is 0 Å². The van der Waals surface area contributed by atoms with Crippen LogP contribution in [0.5, 0.6) is 0 Å². The second-order valence-corrected chi connectivity index (χ2v) is 3.00. The lowest BCUT2D eigenvalue weighted by molar-refractivity contribution is -0.137. The third-order valence-corrected chi connectivity index (χ3v) is 1.63. The fourth-order valence-electron chi connectivity index (χ4n) is 0.985. The highest BCUT2D eigenvalue weighted by Crippen LogP contribution is 2.00. The molecular weight excluding hydrogens is 180 g/mol. The van der Waals surface area contributed by atoms with Gasteiger partial charge in [-0.2, -0.15) is 0 Å². The number of carboxylic acids is 1. The van der Waals surface area contributed by atoms with Gasteiger partial charge >= 0.3 is 5.97 Å². The standard InChI is InChI=1S/C8H15F2NO2/c1-11(6-7(9)10)5-3-2-4-8(12)13/h7H,2-6H2,1H3,(H,12,13). The van der Waals surface area contributed by atoms with Gasteiger partial charge in [-0.3, -0.25) is 4.79 Å². The summed E-state index contributed by atoms with van der Waals surface area (Å²) in [6.07, 6.45) is -1.01. The molecule has 0 unspecified atom stereocenters. The van der Waals surface area contributed by atoms with Crippen LogP contribution in [-0.4, -0.2) is 42.5 Å². The SMILES string of the molecule is CN(CCCCC(=O)O)CC(F)F. The Morgan fingerprint density at radius 1 is 1.46 bits per heavy atom. The molecule has 0 radical (unpaired) electrons. The quantitative estimate of drug-likeness (QED) is 0.625. The predicted molar refractivity (Wildman–Crippen MR) is 45.0 cm³/mol. The molecule has 0 fully saturated rings. The molecule has 0 aromatic rings. The van der Waals surface area contributed by atoms with Gasteiger partial charge in [0.05, 0.1) is 6.54 Å². The number of halogens is 2. The number of unbranched alkanes of at least 4 members (excludes halogenated alkanes) is 1. The van der Waals surface area contributed by atoms with Gasteiger partial charge in [-0.05, 0) is 26.4 Å². The molecule has 0 aliphatic carbocycles. The Bertz CT molecular complexity index is 153. The molecule has 0 saturated heterocycles. The molecule has 0 rings (SSSR count). The van der Waals surface area contributed by atoms with E-state index in [2.05, 4.69) is 0 Å². The predicted octanol–water partition coefficient (Wildman–Crippen LogP) is 1.44. The van der Waals surface area contributed by atoms with Crippen LogP contribution in [0.1, 0.15) is 19.3 Å². The van der Waals surface area contributed by atoms with Crippen molar-refractivity contribution in [1.82, 2.24) is 4.90 Å². The minimum absolute atomic E-state index is 0.114. The van der Waals surface area contributed by atoms with Crippen molar-refractivity contribution in [3.05, 3.63) is 0 Å². The number of carbonyl (C=O) groups is 1. The number of nitrogens with zero attached hydrogens (tertiary/aromatic N) is 1. The number of rotatable bonds is 7. The summed E-state index contributed by atoms with van der Waals surface area (Å²) < 4.78 is 23.6. The molecule has 0 bridgehead atoms. The minimum atomic E-state index is -2.32. The highest BCUT2D eigenvalue weighted by Gasteiger charge is 2.06. The van der Waals surface area contributed by atoms with Crippen LogP contribution in [0, 0.1) is 0 Å². The third-order valence-electron chi connectivity index (χ3n) is 1.63. The van der Waals surface area contributed by atoms with E-state index in [1.807, 2.05) is 0 Å². The third kappa shape index (κ3) is 9.20. The van der Waals surface area contributed by atoms with E-state index in [1.165, 1.54) is 4.90 Å². The molecule has 0 aliphatic rings. The van der Waals surface area contributed by atoms with Crippen molar-refractivity contribution in [1.29, 1.82) is 0 Å². The number of alkyl halides is 2. The number of hydrogen-bond acceptors (Lipinski definition) is 2. The van der Waals surface area contributed by atoms with Crippen molar-refractivity contribution in [2.45, 2.75) is 25.7 Å². The summed E-state index contributed by atoms with van der Waals surface area (Å²) in [5.74, 6) is -0.837. The number of hydrogen-bond donors (Lipinski definition) is 1. The molecule has 0 aromatic carbocycles. The van der Waals surface area contributed by atoms with E-state index in [0.29, 0.717) is 19.4 Å². The number of carboxylic acid groups (broad SMARTS) is 1. The molecule has 0 aliphatic heterocycles. The zero-order valence-corrected chi connectivity index (χ0v) is 7.67. The van der Waals surface area contributed by atoms with Crippen molar-refractivity contribution >= 4 is 5.97 Å². The van der Waals surface area contributed by atoms with Crippen LogP contribution < -0.4 is 0 Å². The first-order valence-electron chi connectivity index (χ1n) is 4.21. The van der Waals surface area contributed by atoms with Crippen LogP contribution in [-0.2, 0) is 4.79 Å². The maximum atomic E-state index is 11.8. The van der Waals surface area contributed by atoms with Gasteiger partial charge in [0.1, 0.15) is 0 Å². The van der Waals surface area contributed by atoms with E-state index < -0.39 is 12.4 Å². The van der Waals surface area contributed by atoms with E-state index in [-0.39, 0.29) is 13.0 Å². The fourth-order valence-corrected chi connectivity index (χ4v) is 0.985. The van der Waals surface area contributed by atoms with Gasteiger partial charge in [0.25, 0.3) is 6.43 Å². The summed E-state index contributed by atoms with van der Waals surface area (Å²) in [6, 6.07) is 0. The van der Waals surface area contributed by atoms with Crippen LogP contribution in [0.15, 0.2) is 0 Å². The van der Waals surface area contributed by atoms with E-state index in [9.17, 15) is 13.6 Å². The second kappa shape index (κ2) is 6.77. The molecule has 0 aromatic heterocycles. The fraction of sp³-hybridized carbons (Fsp3) is 0.875. The highest BCUT2D eigenvalue weighted by atomic mass is 19.3. The van der Waals surface area contributed by atoms with Crippen molar-refractivity contribution in [3.8, 4) is 0 Å². The van der Waals surface area contributed by atoms with Gasteiger partial charge in [0, 0.05) is 6.42 Å². The summed E-state index contributed by atoms with van der Waals surface area (Å²) >= 11 is 0. The molecule has 0 atom stereocenters. The lowest BCUT2D eigenvalue weighted by atomic mass is 10.2. The Hall–Kier alpha value is -0.710. The van der Waals surface area contributed by atoms with Crippen LogP contribution >= 0.6 is 0 Å². The zero-order chi connectivity index (χ0) is 10.3. The average Bonchev–Trinajstić information content (AvgIpc) is 1.96. The Labute approximate surface area is 76.3 Å². The van der Waals surface area contributed by atoms with Crippen LogP contribution in [0.25, 0.3) is 0 Å². The van der Waals surface area contributed by atoms with Gasteiger partial charge in [0.2, 0.25) is 0 Å². The topological polar surface area (TPSA) is 40.5 Å². The molecule has 13 heavy (non-hydrogen) atoms. The van der Waals surface area contributed by atoms with Gasteiger partial charge in [-0.25, -0.2) is 8.78 Å². The summed E-state index contributed by atoms with van der Waals surface area (Å²) in [6.45, 7) is 0.282. The molecule has 0 spiro atoms. The zero-order valence-electron chi connectivity index (χ0n) is 7.67. The smallest absolute Gasteiger partial charge is 0.303 e. The van der Waals surface area contributed by atoms with E-state index in [1.54, 1.807) is 7.05 Å². The average molecular weight is 195 g/mol.